The van der Waals surface area contributed by atoms with Crippen LogP contribution < -0.4 is 5.73 Å². The van der Waals surface area contributed by atoms with Crippen LogP contribution in [-0.2, 0) is 17.6 Å². The first-order valence-corrected chi connectivity index (χ1v) is 9.73. The van der Waals surface area contributed by atoms with Gasteiger partial charge < -0.3 is 10.6 Å². The van der Waals surface area contributed by atoms with Gasteiger partial charge in [0.1, 0.15) is 0 Å². The third-order valence-electron chi connectivity index (χ3n) is 4.88. The molecule has 1 fully saturated rings. The molecular weight excluding hydrogens is 332 g/mol. The van der Waals surface area contributed by atoms with E-state index in [0.717, 1.165) is 43.5 Å². The zero-order chi connectivity index (χ0) is 17.6. The van der Waals surface area contributed by atoms with Gasteiger partial charge in [0, 0.05) is 24.9 Å². The summed E-state index contributed by atoms with van der Waals surface area (Å²) in [5, 5.41) is 3.88. The third-order valence-corrected chi connectivity index (χ3v) is 5.56. The van der Waals surface area contributed by atoms with Crippen LogP contribution in [0, 0.1) is 5.92 Å². The minimum atomic E-state index is -0.257. The minimum Gasteiger partial charge on any atom is -0.370 e. The molecule has 5 heteroatoms. The van der Waals surface area contributed by atoms with E-state index in [0.29, 0.717) is 18.8 Å². The van der Waals surface area contributed by atoms with Gasteiger partial charge in [-0.25, -0.2) is 0 Å². The molecule has 0 spiro atoms. The number of carbonyl (C=O) groups excluding carboxylic acids is 2. The second-order valence-electron chi connectivity index (χ2n) is 6.73. The van der Waals surface area contributed by atoms with E-state index in [2.05, 4.69) is 24.3 Å². The third kappa shape index (κ3) is 4.92. The Bertz CT molecular complexity index is 702. The fourth-order valence-electron chi connectivity index (χ4n) is 3.35. The highest BCUT2D eigenvalue weighted by Gasteiger charge is 2.23. The fraction of sp³-hybridized carbons (Fsp3) is 0.400. The van der Waals surface area contributed by atoms with E-state index in [4.69, 9.17) is 5.73 Å². The van der Waals surface area contributed by atoms with E-state index in [1.165, 1.54) is 5.56 Å². The zero-order valence-electron chi connectivity index (χ0n) is 14.3. The highest BCUT2D eigenvalue weighted by atomic mass is 32.1. The van der Waals surface area contributed by atoms with Crippen molar-refractivity contribution in [1.29, 1.82) is 0 Å². The Balaban J connectivity index is 1.47. The van der Waals surface area contributed by atoms with Gasteiger partial charge in [0.15, 0.2) is 0 Å². The van der Waals surface area contributed by atoms with Crippen molar-refractivity contribution in [3.8, 4) is 0 Å². The normalized spacial score (nSPS) is 15.3. The fourth-order valence-corrected chi connectivity index (χ4v) is 3.98. The van der Waals surface area contributed by atoms with Crippen molar-refractivity contribution >= 4 is 23.2 Å². The van der Waals surface area contributed by atoms with Crippen LogP contribution in [0.25, 0.3) is 0 Å². The summed E-state index contributed by atoms with van der Waals surface area (Å²) in [6.45, 7) is 1.69. The van der Waals surface area contributed by atoms with Crippen LogP contribution in [0.15, 0.2) is 41.1 Å². The van der Waals surface area contributed by atoms with E-state index in [1.807, 2.05) is 21.7 Å². The summed E-state index contributed by atoms with van der Waals surface area (Å²) in [6.07, 6.45) is 4.27. The predicted octanol–water partition coefficient (Wildman–Crippen LogP) is 3.26. The molecule has 1 saturated heterocycles. The van der Waals surface area contributed by atoms with E-state index in [-0.39, 0.29) is 11.8 Å². The van der Waals surface area contributed by atoms with Gasteiger partial charge in [0.25, 0.3) is 5.91 Å². The number of hydrogen-bond donors (Lipinski definition) is 1. The molecule has 2 amide bonds. The SMILES string of the molecule is NC(=O)CCc1ccc(CC2CCN(C(=O)c3ccsc3)CC2)cc1. The summed E-state index contributed by atoms with van der Waals surface area (Å²) in [5.74, 6) is 0.536. The molecule has 1 aromatic heterocycles. The number of likely N-dealkylation sites (tertiary alicyclic amines) is 1. The molecule has 3 rings (SSSR count). The van der Waals surface area contributed by atoms with Crippen LogP contribution in [0.2, 0.25) is 0 Å². The van der Waals surface area contributed by atoms with Crippen LogP contribution in [0.5, 0.6) is 0 Å². The van der Waals surface area contributed by atoms with Crippen molar-refractivity contribution in [2.24, 2.45) is 11.7 Å². The largest absolute Gasteiger partial charge is 0.370 e. The molecule has 2 N–H and O–H groups in total. The molecule has 0 bridgehead atoms. The van der Waals surface area contributed by atoms with Gasteiger partial charge >= 0.3 is 0 Å². The Kier molecular flexibility index (Phi) is 5.87. The number of benzene rings is 1. The van der Waals surface area contributed by atoms with Gasteiger partial charge in [-0.3, -0.25) is 9.59 Å². The molecule has 0 atom stereocenters. The molecule has 2 aromatic rings. The highest BCUT2D eigenvalue weighted by Crippen LogP contribution is 2.23. The van der Waals surface area contributed by atoms with E-state index < -0.39 is 0 Å². The van der Waals surface area contributed by atoms with Gasteiger partial charge in [-0.05, 0) is 54.2 Å². The molecule has 0 radical (unpaired) electrons. The molecule has 1 aromatic carbocycles. The molecule has 1 aliphatic rings. The molecular formula is C20H24N2O2S. The number of rotatable bonds is 6. The summed E-state index contributed by atoms with van der Waals surface area (Å²) in [5.41, 5.74) is 8.48. The Morgan fingerprint density at radius 3 is 2.36 bits per heavy atom. The maximum Gasteiger partial charge on any atom is 0.254 e. The standard InChI is InChI=1S/C20H24N2O2S/c21-19(23)6-5-15-1-3-16(4-2-15)13-17-7-10-22(11-8-17)20(24)18-9-12-25-14-18/h1-4,9,12,14,17H,5-8,10-11,13H2,(H2,21,23). The minimum absolute atomic E-state index is 0.165. The van der Waals surface area contributed by atoms with Crippen molar-refractivity contribution in [2.45, 2.75) is 32.1 Å². The van der Waals surface area contributed by atoms with Crippen molar-refractivity contribution in [2.75, 3.05) is 13.1 Å². The van der Waals surface area contributed by atoms with Crippen molar-refractivity contribution < 1.29 is 9.59 Å². The maximum atomic E-state index is 12.4. The highest BCUT2D eigenvalue weighted by molar-refractivity contribution is 7.08. The summed E-state index contributed by atoms with van der Waals surface area (Å²) in [7, 11) is 0. The van der Waals surface area contributed by atoms with Gasteiger partial charge in [-0.2, -0.15) is 11.3 Å². The number of primary amides is 1. The smallest absolute Gasteiger partial charge is 0.254 e. The van der Waals surface area contributed by atoms with E-state index >= 15 is 0 Å². The topological polar surface area (TPSA) is 63.4 Å². The lowest BCUT2D eigenvalue weighted by Gasteiger charge is -2.32. The molecule has 0 unspecified atom stereocenters. The van der Waals surface area contributed by atoms with E-state index in [9.17, 15) is 9.59 Å². The van der Waals surface area contributed by atoms with Crippen molar-refractivity contribution in [3.05, 3.63) is 57.8 Å². The van der Waals surface area contributed by atoms with Crippen LogP contribution in [0.1, 0.15) is 40.7 Å². The van der Waals surface area contributed by atoms with Crippen LogP contribution in [0.3, 0.4) is 0 Å². The maximum absolute atomic E-state index is 12.4. The number of amides is 2. The molecule has 4 nitrogen and oxygen atoms in total. The second kappa shape index (κ2) is 8.30. The molecule has 2 heterocycles. The average molecular weight is 356 g/mol. The first-order chi connectivity index (χ1) is 12.1. The van der Waals surface area contributed by atoms with E-state index in [1.54, 1.807) is 11.3 Å². The lowest BCUT2D eigenvalue weighted by Crippen LogP contribution is -2.38. The molecule has 0 aliphatic carbocycles. The molecule has 25 heavy (non-hydrogen) atoms. The summed E-state index contributed by atoms with van der Waals surface area (Å²) in [6, 6.07) is 10.4. The second-order valence-corrected chi connectivity index (χ2v) is 7.51. The Morgan fingerprint density at radius 2 is 1.76 bits per heavy atom. The average Bonchev–Trinajstić information content (AvgIpc) is 3.16. The van der Waals surface area contributed by atoms with Crippen molar-refractivity contribution in [3.63, 3.8) is 0 Å². The van der Waals surface area contributed by atoms with Gasteiger partial charge in [0.05, 0.1) is 5.56 Å². The van der Waals surface area contributed by atoms with Gasteiger partial charge in [-0.15, -0.1) is 0 Å². The zero-order valence-corrected chi connectivity index (χ0v) is 15.1. The lowest BCUT2D eigenvalue weighted by atomic mass is 9.89. The van der Waals surface area contributed by atoms with Crippen LogP contribution in [0.4, 0.5) is 0 Å². The summed E-state index contributed by atoms with van der Waals surface area (Å²) in [4.78, 5) is 25.2. The Hall–Kier alpha value is -2.14. The Labute approximate surface area is 152 Å². The number of carbonyl (C=O) groups is 2. The number of aryl methyl sites for hydroxylation is 1. The number of nitrogens with two attached hydrogens (primary N) is 1. The van der Waals surface area contributed by atoms with Gasteiger partial charge in [0.2, 0.25) is 5.91 Å². The number of piperidine rings is 1. The number of hydrogen-bond acceptors (Lipinski definition) is 3. The quantitative estimate of drug-likeness (QED) is 0.863. The first-order valence-electron chi connectivity index (χ1n) is 8.79. The summed E-state index contributed by atoms with van der Waals surface area (Å²) >= 11 is 1.57. The van der Waals surface area contributed by atoms with Crippen molar-refractivity contribution in [1.82, 2.24) is 4.90 Å². The van der Waals surface area contributed by atoms with Gasteiger partial charge in [-0.1, -0.05) is 24.3 Å². The molecule has 0 saturated carbocycles. The molecule has 1 aliphatic heterocycles. The summed E-state index contributed by atoms with van der Waals surface area (Å²) < 4.78 is 0. The first kappa shape index (κ1) is 17.7. The van der Waals surface area contributed by atoms with Crippen LogP contribution >= 0.6 is 11.3 Å². The number of thiophene rings is 1. The Morgan fingerprint density at radius 1 is 1.08 bits per heavy atom. The van der Waals surface area contributed by atoms with Crippen LogP contribution in [-0.4, -0.2) is 29.8 Å². The number of nitrogens with zero attached hydrogens (tertiary/aromatic N) is 1. The molecule has 132 valence electrons. The monoisotopic (exact) mass is 356 g/mol. The predicted molar refractivity (Wildman–Crippen MR) is 101 cm³/mol. The lowest BCUT2D eigenvalue weighted by molar-refractivity contribution is -0.117.